The first-order chi connectivity index (χ1) is 16.7. The summed E-state index contributed by atoms with van der Waals surface area (Å²) < 4.78 is 7.53. The Hall–Kier alpha value is -3.81. The number of hydrogen-bond donors (Lipinski definition) is 1. The molecule has 4 rings (SSSR count). The number of hydrogen-bond acceptors (Lipinski definition) is 6. The number of rotatable bonds is 10. The van der Waals surface area contributed by atoms with E-state index in [0.29, 0.717) is 31.1 Å². The maximum Gasteiger partial charge on any atom is 0.356 e. The number of esters is 1. The highest BCUT2D eigenvalue weighted by molar-refractivity contribution is 5.89. The van der Waals surface area contributed by atoms with Gasteiger partial charge in [-0.3, -0.25) is 0 Å². The molecule has 0 fully saturated rings. The fraction of sp³-hybridized carbons (Fsp3) is 0.346. The first-order valence-corrected chi connectivity index (χ1v) is 11.8. The molecule has 34 heavy (non-hydrogen) atoms. The van der Waals surface area contributed by atoms with Gasteiger partial charge >= 0.3 is 5.97 Å². The van der Waals surface area contributed by atoms with Crippen molar-refractivity contribution in [2.24, 2.45) is 0 Å². The Balaban J connectivity index is 1.66. The highest BCUT2D eigenvalue weighted by atomic mass is 16.5. The van der Waals surface area contributed by atoms with Gasteiger partial charge in [-0.05, 0) is 46.4 Å². The normalized spacial score (nSPS) is 11.0. The summed E-state index contributed by atoms with van der Waals surface area (Å²) in [6.45, 7) is 7.11. The second-order valence-electron chi connectivity index (χ2n) is 8.14. The molecule has 0 radical (unpaired) electrons. The van der Waals surface area contributed by atoms with Crippen LogP contribution in [0.5, 0.6) is 0 Å². The zero-order valence-corrected chi connectivity index (χ0v) is 19.9. The van der Waals surface area contributed by atoms with Crippen molar-refractivity contribution < 1.29 is 9.53 Å². The van der Waals surface area contributed by atoms with E-state index in [1.54, 1.807) is 0 Å². The van der Waals surface area contributed by atoms with Crippen LogP contribution in [0.4, 0.5) is 0 Å². The first kappa shape index (κ1) is 23.4. The van der Waals surface area contributed by atoms with Crippen LogP contribution in [0.1, 0.15) is 61.2 Å². The van der Waals surface area contributed by atoms with Gasteiger partial charge < -0.3 is 9.30 Å². The molecule has 0 aliphatic heterocycles. The molecule has 0 amide bonds. The molecular weight excluding hydrogens is 428 g/mol. The number of H-pyrrole nitrogens is 1. The van der Waals surface area contributed by atoms with Crippen LogP contribution in [0.2, 0.25) is 0 Å². The van der Waals surface area contributed by atoms with E-state index in [4.69, 9.17) is 9.72 Å². The number of carbonyl (C=O) groups is 1. The maximum atomic E-state index is 12.9. The first-order valence-electron chi connectivity index (χ1n) is 11.8. The number of tetrazole rings is 1. The van der Waals surface area contributed by atoms with Crippen molar-refractivity contribution in [3.63, 3.8) is 0 Å². The lowest BCUT2D eigenvalue weighted by atomic mass is 9.98. The Labute approximate surface area is 199 Å². The monoisotopic (exact) mass is 458 g/mol. The second-order valence-corrected chi connectivity index (χ2v) is 8.14. The van der Waals surface area contributed by atoms with Crippen molar-refractivity contribution in [3.8, 4) is 22.5 Å². The lowest BCUT2D eigenvalue weighted by Gasteiger charge is -2.13. The van der Waals surface area contributed by atoms with Gasteiger partial charge in [-0.1, -0.05) is 69.3 Å². The van der Waals surface area contributed by atoms with Crippen LogP contribution in [-0.2, 0) is 24.1 Å². The SMILES string of the molecule is CCCOC(=O)c1c(CC)nc(CCC)n1Cc1ccc(-c2ccccc2-c2nnn[nH]2)cc1. The van der Waals surface area contributed by atoms with E-state index >= 15 is 0 Å². The van der Waals surface area contributed by atoms with Gasteiger partial charge in [-0.2, -0.15) is 0 Å². The smallest absolute Gasteiger partial charge is 0.356 e. The fourth-order valence-corrected chi connectivity index (χ4v) is 4.06. The van der Waals surface area contributed by atoms with Crippen molar-refractivity contribution in [2.45, 2.75) is 53.0 Å². The molecule has 0 aliphatic carbocycles. The summed E-state index contributed by atoms with van der Waals surface area (Å²) in [7, 11) is 0. The van der Waals surface area contributed by atoms with Crippen LogP contribution in [0, 0.1) is 0 Å². The van der Waals surface area contributed by atoms with Crippen LogP contribution in [0.25, 0.3) is 22.5 Å². The van der Waals surface area contributed by atoms with E-state index in [1.165, 1.54) is 0 Å². The topological polar surface area (TPSA) is 98.6 Å². The van der Waals surface area contributed by atoms with Gasteiger partial charge in [0.1, 0.15) is 5.82 Å². The van der Waals surface area contributed by atoms with Gasteiger partial charge in [0, 0.05) is 18.5 Å². The molecule has 2 heterocycles. The molecule has 0 spiro atoms. The van der Waals surface area contributed by atoms with Crippen molar-refractivity contribution >= 4 is 5.97 Å². The van der Waals surface area contributed by atoms with Crippen LogP contribution >= 0.6 is 0 Å². The number of aromatic amines is 1. The number of ether oxygens (including phenoxy) is 1. The molecule has 0 atom stereocenters. The molecule has 0 saturated heterocycles. The van der Waals surface area contributed by atoms with Crippen molar-refractivity contribution in [1.82, 2.24) is 30.2 Å². The Kier molecular flexibility index (Phi) is 7.47. The maximum absolute atomic E-state index is 12.9. The van der Waals surface area contributed by atoms with Gasteiger partial charge in [0.15, 0.2) is 11.5 Å². The van der Waals surface area contributed by atoms with Crippen LogP contribution in [-0.4, -0.2) is 42.8 Å². The number of aryl methyl sites for hydroxylation is 2. The largest absolute Gasteiger partial charge is 0.461 e. The number of aromatic nitrogens is 6. The average molecular weight is 459 g/mol. The summed E-state index contributed by atoms with van der Waals surface area (Å²) in [6, 6.07) is 16.4. The Bertz CT molecular complexity index is 1230. The van der Waals surface area contributed by atoms with Crippen LogP contribution in [0.3, 0.4) is 0 Å². The fourth-order valence-electron chi connectivity index (χ4n) is 4.06. The number of imidazole rings is 1. The average Bonchev–Trinajstić information content (AvgIpc) is 3.52. The standard InChI is InChI=1S/C26H30N6O2/c1-4-9-23-27-22(6-3)24(26(33)34-16-5-2)32(23)17-18-12-14-19(15-13-18)20-10-7-8-11-21(20)25-28-30-31-29-25/h7-8,10-15H,4-6,9,16-17H2,1-3H3,(H,28,29,30,31). The summed E-state index contributed by atoms with van der Waals surface area (Å²) >= 11 is 0. The van der Waals surface area contributed by atoms with Gasteiger partial charge in [0.25, 0.3) is 0 Å². The molecular formula is C26H30N6O2. The quantitative estimate of drug-likeness (QED) is 0.341. The minimum absolute atomic E-state index is 0.292. The summed E-state index contributed by atoms with van der Waals surface area (Å²) in [4.78, 5) is 17.7. The van der Waals surface area contributed by atoms with Crippen molar-refractivity contribution in [3.05, 3.63) is 71.3 Å². The predicted molar refractivity (Wildman–Crippen MR) is 130 cm³/mol. The summed E-state index contributed by atoms with van der Waals surface area (Å²) in [5.74, 6) is 1.26. The molecule has 2 aromatic heterocycles. The molecule has 0 aliphatic rings. The number of carbonyl (C=O) groups excluding carboxylic acids is 1. The summed E-state index contributed by atoms with van der Waals surface area (Å²) in [5, 5.41) is 14.3. The van der Waals surface area contributed by atoms with Gasteiger partial charge in [0.2, 0.25) is 0 Å². The number of nitrogens with zero attached hydrogens (tertiary/aromatic N) is 5. The minimum Gasteiger partial charge on any atom is -0.461 e. The van der Waals surface area contributed by atoms with Crippen molar-refractivity contribution in [1.29, 1.82) is 0 Å². The third-order valence-corrected chi connectivity index (χ3v) is 5.69. The third-order valence-electron chi connectivity index (χ3n) is 5.69. The molecule has 0 unspecified atom stereocenters. The van der Waals surface area contributed by atoms with Crippen molar-refractivity contribution in [2.75, 3.05) is 6.61 Å². The molecule has 8 nitrogen and oxygen atoms in total. The molecule has 4 aromatic rings. The molecule has 8 heteroatoms. The van der Waals surface area contributed by atoms with E-state index < -0.39 is 0 Å². The van der Waals surface area contributed by atoms with E-state index in [0.717, 1.165) is 53.0 Å². The predicted octanol–water partition coefficient (Wildman–Crippen LogP) is 4.86. The lowest BCUT2D eigenvalue weighted by Crippen LogP contribution is -2.17. The number of nitrogens with one attached hydrogen (secondary N) is 1. The number of benzene rings is 2. The molecule has 2 aromatic carbocycles. The van der Waals surface area contributed by atoms with Gasteiger partial charge in [-0.15, -0.1) is 5.10 Å². The molecule has 0 saturated carbocycles. The zero-order valence-electron chi connectivity index (χ0n) is 19.9. The second kappa shape index (κ2) is 10.9. The zero-order chi connectivity index (χ0) is 23.9. The van der Waals surface area contributed by atoms with E-state index in [-0.39, 0.29) is 5.97 Å². The summed E-state index contributed by atoms with van der Waals surface area (Å²) in [5.41, 5.74) is 5.51. The Morgan fingerprint density at radius 3 is 2.41 bits per heavy atom. The minimum atomic E-state index is -0.292. The lowest BCUT2D eigenvalue weighted by molar-refractivity contribution is 0.0491. The third kappa shape index (κ3) is 4.90. The van der Waals surface area contributed by atoms with Gasteiger partial charge in [0.05, 0.1) is 12.3 Å². The van der Waals surface area contributed by atoms with E-state index in [9.17, 15) is 4.79 Å². The Morgan fingerprint density at radius 1 is 1.00 bits per heavy atom. The molecule has 176 valence electrons. The highest BCUT2D eigenvalue weighted by Gasteiger charge is 2.23. The van der Waals surface area contributed by atoms with E-state index in [1.807, 2.05) is 36.6 Å². The summed E-state index contributed by atoms with van der Waals surface area (Å²) in [6.07, 6.45) is 3.24. The molecule has 0 bridgehead atoms. The highest BCUT2D eigenvalue weighted by Crippen LogP contribution is 2.30. The van der Waals surface area contributed by atoms with E-state index in [2.05, 4.69) is 57.9 Å². The van der Waals surface area contributed by atoms with Crippen LogP contribution in [0.15, 0.2) is 48.5 Å². The Morgan fingerprint density at radius 2 is 1.76 bits per heavy atom. The van der Waals surface area contributed by atoms with Crippen LogP contribution < -0.4 is 0 Å². The molecule has 1 N–H and O–H groups in total. The van der Waals surface area contributed by atoms with Gasteiger partial charge in [-0.25, -0.2) is 14.9 Å².